The zero-order valence-electron chi connectivity index (χ0n) is 9.73. The minimum atomic E-state index is 0.452. The Morgan fingerprint density at radius 1 is 1.13 bits per heavy atom. The molecule has 3 fully saturated rings. The molecule has 86 valence electrons. The van der Waals surface area contributed by atoms with Gasteiger partial charge in [-0.2, -0.15) is 0 Å². The van der Waals surface area contributed by atoms with Gasteiger partial charge < -0.3 is 4.74 Å². The maximum atomic E-state index is 6.16. The van der Waals surface area contributed by atoms with Gasteiger partial charge in [0.2, 0.25) is 0 Å². The third-order valence-electron chi connectivity index (χ3n) is 4.68. The molecule has 0 aliphatic carbocycles. The van der Waals surface area contributed by atoms with Crippen LogP contribution >= 0.6 is 23.5 Å². The van der Waals surface area contributed by atoms with E-state index < -0.39 is 0 Å². The maximum Gasteiger partial charge on any atom is 0.0658 e. The van der Waals surface area contributed by atoms with Crippen LogP contribution < -0.4 is 0 Å². The third-order valence-corrected chi connectivity index (χ3v) is 8.22. The molecule has 0 radical (unpaired) electrons. The van der Waals surface area contributed by atoms with Crippen molar-refractivity contribution in [2.75, 3.05) is 11.5 Å². The Kier molecular flexibility index (Phi) is 2.57. The standard InChI is InChI=1S/C12H20OS2/c1-7-8(2)11-9(6-10(7)13-11)12(3)14-4-5-15-12/h7-11H,4-6H2,1-3H3. The highest BCUT2D eigenvalue weighted by Gasteiger charge is 2.56. The van der Waals surface area contributed by atoms with E-state index >= 15 is 0 Å². The molecule has 3 saturated heterocycles. The van der Waals surface area contributed by atoms with Gasteiger partial charge in [0.25, 0.3) is 0 Å². The van der Waals surface area contributed by atoms with Gasteiger partial charge >= 0.3 is 0 Å². The van der Waals surface area contributed by atoms with Crippen molar-refractivity contribution in [3.05, 3.63) is 0 Å². The topological polar surface area (TPSA) is 9.23 Å². The van der Waals surface area contributed by atoms with Crippen LogP contribution in [0, 0.1) is 17.8 Å². The number of hydrogen-bond acceptors (Lipinski definition) is 3. The lowest BCUT2D eigenvalue weighted by molar-refractivity contribution is 0.0759. The van der Waals surface area contributed by atoms with Crippen molar-refractivity contribution in [1.82, 2.24) is 0 Å². The van der Waals surface area contributed by atoms with Crippen molar-refractivity contribution in [3.8, 4) is 0 Å². The molecule has 5 atom stereocenters. The van der Waals surface area contributed by atoms with E-state index in [-0.39, 0.29) is 0 Å². The second kappa shape index (κ2) is 3.58. The monoisotopic (exact) mass is 244 g/mol. The van der Waals surface area contributed by atoms with Gasteiger partial charge in [0.05, 0.1) is 16.3 Å². The molecule has 2 bridgehead atoms. The van der Waals surface area contributed by atoms with Crippen molar-refractivity contribution >= 4 is 23.5 Å². The summed E-state index contributed by atoms with van der Waals surface area (Å²) in [4.78, 5) is 0. The Balaban J connectivity index is 1.80. The molecule has 0 saturated carbocycles. The molecule has 3 heterocycles. The van der Waals surface area contributed by atoms with Gasteiger partial charge in [-0.25, -0.2) is 0 Å². The van der Waals surface area contributed by atoms with Crippen LogP contribution in [-0.2, 0) is 4.74 Å². The van der Waals surface area contributed by atoms with Crippen molar-refractivity contribution in [2.24, 2.45) is 17.8 Å². The first-order valence-electron chi connectivity index (χ1n) is 6.05. The van der Waals surface area contributed by atoms with Crippen LogP contribution in [0.2, 0.25) is 0 Å². The summed E-state index contributed by atoms with van der Waals surface area (Å²) in [6.07, 6.45) is 2.42. The highest BCUT2D eigenvalue weighted by Crippen LogP contribution is 2.58. The van der Waals surface area contributed by atoms with Crippen molar-refractivity contribution in [3.63, 3.8) is 0 Å². The van der Waals surface area contributed by atoms with E-state index in [4.69, 9.17) is 4.74 Å². The van der Waals surface area contributed by atoms with E-state index in [0.29, 0.717) is 16.3 Å². The zero-order chi connectivity index (χ0) is 10.6. The van der Waals surface area contributed by atoms with Crippen LogP contribution in [0.15, 0.2) is 0 Å². The molecule has 3 aliphatic rings. The normalized spacial score (nSPS) is 52.6. The summed E-state index contributed by atoms with van der Waals surface area (Å²) in [5.41, 5.74) is 0. The quantitative estimate of drug-likeness (QED) is 0.701. The summed E-state index contributed by atoms with van der Waals surface area (Å²) in [6, 6.07) is 0. The number of hydrogen-bond donors (Lipinski definition) is 0. The largest absolute Gasteiger partial charge is 0.374 e. The molecule has 3 rings (SSSR count). The second-order valence-electron chi connectivity index (χ2n) is 5.41. The molecule has 15 heavy (non-hydrogen) atoms. The second-order valence-corrected chi connectivity index (χ2v) is 8.76. The smallest absolute Gasteiger partial charge is 0.0658 e. The van der Waals surface area contributed by atoms with Gasteiger partial charge in [0.15, 0.2) is 0 Å². The Labute approximate surface area is 101 Å². The van der Waals surface area contributed by atoms with Crippen LogP contribution in [0.5, 0.6) is 0 Å². The Hall–Kier alpha value is 0.660. The lowest BCUT2D eigenvalue weighted by Crippen LogP contribution is -2.39. The molecular formula is C12H20OS2. The fourth-order valence-corrected chi connectivity index (χ4v) is 6.66. The molecule has 3 aliphatic heterocycles. The third kappa shape index (κ3) is 1.49. The summed E-state index contributed by atoms with van der Waals surface area (Å²) in [7, 11) is 0. The van der Waals surface area contributed by atoms with Gasteiger partial charge in [-0.15, -0.1) is 23.5 Å². The predicted octanol–water partition coefficient (Wildman–Crippen LogP) is 3.24. The minimum absolute atomic E-state index is 0.452. The van der Waals surface area contributed by atoms with E-state index in [1.165, 1.54) is 17.9 Å². The van der Waals surface area contributed by atoms with Crippen molar-refractivity contribution in [2.45, 2.75) is 43.5 Å². The summed E-state index contributed by atoms with van der Waals surface area (Å²) >= 11 is 4.34. The molecular weight excluding hydrogens is 224 g/mol. The van der Waals surface area contributed by atoms with E-state index in [1.54, 1.807) is 0 Å². The number of rotatable bonds is 1. The molecule has 0 aromatic rings. The maximum absolute atomic E-state index is 6.16. The first-order chi connectivity index (χ1) is 7.12. The fraction of sp³-hybridized carbons (Fsp3) is 1.00. The number of fused-ring (bicyclic) bond motifs is 2. The van der Waals surface area contributed by atoms with Gasteiger partial charge in [-0.3, -0.25) is 0 Å². The van der Waals surface area contributed by atoms with Crippen LogP contribution in [0.25, 0.3) is 0 Å². The van der Waals surface area contributed by atoms with Gasteiger partial charge in [0, 0.05) is 17.4 Å². The molecule has 5 unspecified atom stereocenters. The average Bonchev–Trinajstić information content (AvgIpc) is 2.86. The molecule has 0 aromatic heterocycles. The SMILES string of the molecule is CC1C2CC(C3(C)SCCS3)C(O2)C1C. The Morgan fingerprint density at radius 3 is 2.33 bits per heavy atom. The van der Waals surface area contributed by atoms with Gasteiger partial charge in [-0.1, -0.05) is 13.8 Å². The van der Waals surface area contributed by atoms with E-state index in [1.807, 2.05) is 0 Å². The Morgan fingerprint density at radius 2 is 1.80 bits per heavy atom. The zero-order valence-corrected chi connectivity index (χ0v) is 11.4. The first kappa shape index (κ1) is 10.8. The molecule has 3 heteroatoms. The van der Waals surface area contributed by atoms with Gasteiger partial charge in [0.1, 0.15) is 0 Å². The Bertz CT molecular complexity index is 260. The lowest BCUT2D eigenvalue weighted by Gasteiger charge is -2.37. The van der Waals surface area contributed by atoms with Crippen LogP contribution in [0.4, 0.5) is 0 Å². The van der Waals surface area contributed by atoms with Crippen LogP contribution in [0.3, 0.4) is 0 Å². The van der Waals surface area contributed by atoms with E-state index in [9.17, 15) is 0 Å². The van der Waals surface area contributed by atoms with Crippen molar-refractivity contribution in [1.29, 1.82) is 0 Å². The molecule has 0 aromatic carbocycles. The summed E-state index contributed by atoms with van der Waals surface area (Å²) in [6.45, 7) is 7.19. The van der Waals surface area contributed by atoms with Crippen LogP contribution in [-0.4, -0.2) is 27.8 Å². The minimum Gasteiger partial charge on any atom is -0.374 e. The summed E-state index contributed by atoms with van der Waals surface area (Å²) in [5, 5.41) is 0. The predicted molar refractivity (Wildman–Crippen MR) is 68.4 cm³/mol. The van der Waals surface area contributed by atoms with E-state index in [0.717, 1.165) is 17.8 Å². The lowest BCUT2D eigenvalue weighted by atomic mass is 9.74. The summed E-state index contributed by atoms with van der Waals surface area (Å²) in [5.74, 6) is 5.02. The summed E-state index contributed by atoms with van der Waals surface area (Å²) < 4.78 is 6.61. The first-order valence-corrected chi connectivity index (χ1v) is 8.02. The fourth-order valence-electron chi connectivity index (χ4n) is 3.46. The molecule has 0 spiro atoms. The van der Waals surface area contributed by atoms with Crippen molar-refractivity contribution < 1.29 is 4.74 Å². The number of thioether (sulfide) groups is 2. The van der Waals surface area contributed by atoms with Crippen LogP contribution in [0.1, 0.15) is 27.2 Å². The molecule has 0 N–H and O–H groups in total. The highest BCUT2D eigenvalue weighted by molar-refractivity contribution is 8.21. The van der Waals surface area contributed by atoms with E-state index in [2.05, 4.69) is 44.3 Å². The number of ether oxygens (including phenoxy) is 1. The van der Waals surface area contributed by atoms with Gasteiger partial charge in [-0.05, 0) is 25.2 Å². The highest BCUT2D eigenvalue weighted by atomic mass is 32.2. The molecule has 1 nitrogen and oxygen atoms in total. The molecule has 0 amide bonds. The average molecular weight is 244 g/mol.